The van der Waals surface area contributed by atoms with E-state index in [1.165, 1.54) is 0 Å². The second-order valence-electron chi connectivity index (χ2n) is 6.12. The number of rotatable bonds is 3. The van der Waals surface area contributed by atoms with Gasteiger partial charge in [-0.3, -0.25) is 4.79 Å². The van der Waals surface area contributed by atoms with Crippen molar-refractivity contribution in [3.8, 4) is 0 Å². The van der Waals surface area contributed by atoms with E-state index in [2.05, 4.69) is 20.9 Å². The Hall–Kier alpha value is -2.34. The van der Waals surface area contributed by atoms with Gasteiger partial charge in [0.15, 0.2) is 16.1 Å². The maximum Gasteiger partial charge on any atom is 0.246 e. The van der Waals surface area contributed by atoms with Crippen LogP contribution in [0, 0.1) is 0 Å². The van der Waals surface area contributed by atoms with Crippen LogP contribution in [0.5, 0.6) is 0 Å². The predicted octanol–water partition coefficient (Wildman–Crippen LogP) is 4.60. The maximum atomic E-state index is 12.5. The lowest BCUT2D eigenvalue weighted by Gasteiger charge is -2.30. The number of furan rings is 1. The highest BCUT2D eigenvalue weighted by Gasteiger charge is 2.27. The molecule has 0 aliphatic carbocycles. The van der Waals surface area contributed by atoms with Crippen LogP contribution in [0.15, 0.2) is 56.0 Å². The van der Waals surface area contributed by atoms with Crippen molar-refractivity contribution in [2.24, 2.45) is 0 Å². The molecule has 4 rings (SSSR count). The number of hydrogen-bond donors (Lipinski definition) is 0. The van der Waals surface area contributed by atoms with E-state index >= 15 is 0 Å². The number of hydrogen-bond acceptors (Lipinski definition) is 4. The number of oxazole rings is 1. The first kappa shape index (κ1) is 16.1. The number of nitrogens with zero attached hydrogens (tertiary/aromatic N) is 2. The molecule has 0 radical (unpaired) electrons. The zero-order chi connectivity index (χ0) is 17.2. The van der Waals surface area contributed by atoms with Gasteiger partial charge in [-0.2, -0.15) is 0 Å². The predicted molar refractivity (Wildman–Crippen MR) is 98.0 cm³/mol. The number of likely N-dealkylation sites (tertiary alicyclic amines) is 1. The van der Waals surface area contributed by atoms with Crippen LogP contribution in [0.4, 0.5) is 0 Å². The van der Waals surface area contributed by atoms with E-state index in [0.717, 1.165) is 36.4 Å². The zero-order valence-corrected chi connectivity index (χ0v) is 15.1. The summed E-state index contributed by atoms with van der Waals surface area (Å²) >= 11 is 3.25. The van der Waals surface area contributed by atoms with Crippen LogP contribution in [-0.4, -0.2) is 28.9 Å². The van der Waals surface area contributed by atoms with E-state index in [-0.39, 0.29) is 11.8 Å². The molecule has 0 unspecified atom stereocenters. The average molecular weight is 401 g/mol. The van der Waals surface area contributed by atoms with Gasteiger partial charge in [-0.15, -0.1) is 0 Å². The van der Waals surface area contributed by atoms with E-state index in [0.29, 0.717) is 17.0 Å². The fourth-order valence-electron chi connectivity index (χ4n) is 3.12. The highest BCUT2D eigenvalue weighted by atomic mass is 79.9. The molecule has 1 fully saturated rings. The monoisotopic (exact) mass is 400 g/mol. The fourth-order valence-corrected chi connectivity index (χ4v) is 3.44. The second-order valence-corrected chi connectivity index (χ2v) is 6.90. The van der Waals surface area contributed by atoms with Crippen LogP contribution in [0.25, 0.3) is 17.2 Å². The SMILES string of the molecule is O=C(/C=C\c1ccc(Br)o1)N1CCC[C@H](c2nc3ccccc3o2)C1. The number of carbonyl (C=O) groups is 1. The summed E-state index contributed by atoms with van der Waals surface area (Å²) in [6.45, 7) is 1.37. The van der Waals surface area contributed by atoms with Gasteiger partial charge >= 0.3 is 0 Å². The van der Waals surface area contributed by atoms with Gasteiger partial charge in [0.25, 0.3) is 0 Å². The first-order valence-electron chi connectivity index (χ1n) is 8.27. The summed E-state index contributed by atoms with van der Waals surface area (Å²) in [6, 6.07) is 11.4. The summed E-state index contributed by atoms with van der Waals surface area (Å²) in [6.07, 6.45) is 5.16. The van der Waals surface area contributed by atoms with Crippen molar-refractivity contribution in [2.45, 2.75) is 18.8 Å². The summed E-state index contributed by atoms with van der Waals surface area (Å²) in [5.41, 5.74) is 1.66. The number of aromatic nitrogens is 1. The lowest BCUT2D eigenvalue weighted by Crippen LogP contribution is -2.38. The number of benzene rings is 1. The average Bonchev–Trinajstić information content (AvgIpc) is 3.25. The molecule has 5 nitrogen and oxygen atoms in total. The van der Waals surface area contributed by atoms with Gasteiger partial charge < -0.3 is 13.7 Å². The molecule has 1 aliphatic heterocycles. The Morgan fingerprint density at radius 3 is 2.92 bits per heavy atom. The number of para-hydroxylation sites is 2. The van der Waals surface area contributed by atoms with E-state index in [1.807, 2.05) is 35.2 Å². The minimum Gasteiger partial charge on any atom is -0.450 e. The second kappa shape index (κ2) is 6.88. The Morgan fingerprint density at radius 2 is 2.12 bits per heavy atom. The van der Waals surface area contributed by atoms with Gasteiger partial charge in [-0.25, -0.2) is 4.98 Å². The van der Waals surface area contributed by atoms with Gasteiger partial charge in [0.2, 0.25) is 5.91 Å². The minimum absolute atomic E-state index is 0.0201. The summed E-state index contributed by atoms with van der Waals surface area (Å²) < 4.78 is 11.9. The molecular weight excluding hydrogens is 384 g/mol. The molecule has 128 valence electrons. The molecule has 1 saturated heterocycles. The first-order valence-corrected chi connectivity index (χ1v) is 9.06. The van der Waals surface area contributed by atoms with Gasteiger partial charge in [-0.05, 0) is 59.1 Å². The van der Waals surface area contributed by atoms with Crippen LogP contribution < -0.4 is 0 Å². The quantitative estimate of drug-likeness (QED) is 0.602. The van der Waals surface area contributed by atoms with Crippen LogP contribution in [0.2, 0.25) is 0 Å². The van der Waals surface area contributed by atoms with Crippen molar-refractivity contribution in [3.63, 3.8) is 0 Å². The molecule has 3 aromatic rings. The molecule has 0 saturated carbocycles. The Balaban J connectivity index is 1.46. The van der Waals surface area contributed by atoms with E-state index in [4.69, 9.17) is 8.83 Å². The number of amides is 1. The first-order chi connectivity index (χ1) is 12.2. The Kier molecular flexibility index (Phi) is 4.44. The van der Waals surface area contributed by atoms with Crippen LogP contribution in [0.3, 0.4) is 0 Å². The van der Waals surface area contributed by atoms with Gasteiger partial charge in [0.05, 0.1) is 5.92 Å². The summed E-state index contributed by atoms with van der Waals surface area (Å²) in [4.78, 5) is 18.9. The third-order valence-corrected chi connectivity index (χ3v) is 4.80. The topological polar surface area (TPSA) is 59.5 Å². The fraction of sp³-hybridized carbons (Fsp3) is 0.263. The maximum absolute atomic E-state index is 12.5. The molecule has 6 heteroatoms. The summed E-state index contributed by atoms with van der Waals surface area (Å²) in [5.74, 6) is 1.48. The third-order valence-electron chi connectivity index (χ3n) is 4.38. The molecule has 1 atom stereocenters. The van der Waals surface area contributed by atoms with E-state index < -0.39 is 0 Å². The van der Waals surface area contributed by atoms with E-state index in [9.17, 15) is 4.79 Å². The Labute approximate surface area is 153 Å². The molecular formula is C19H17BrN2O3. The van der Waals surface area contributed by atoms with Crippen molar-refractivity contribution < 1.29 is 13.6 Å². The van der Waals surface area contributed by atoms with Crippen molar-refractivity contribution >= 4 is 39.0 Å². The third kappa shape index (κ3) is 3.54. The highest BCUT2D eigenvalue weighted by molar-refractivity contribution is 9.10. The van der Waals surface area contributed by atoms with Gasteiger partial charge in [-0.1, -0.05) is 12.1 Å². The molecule has 25 heavy (non-hydrogen) atoms. The number of fused-ring (bicyclic) bond motifs is 1. The molecule has 0 N–H and O–H groups in total. The molecule has 2 aromatic heterocycles. The lowest BCUT2D eigenvalue weighted by atomic mass is 9.98. The molecule has 0 spiro atoms. The van der Waals surface area contributed by atoms with Crippen LogP contribution in [-0.2, 0) is 4.79 Å². The van der Waals surface area contributed by atoms with Crippen LogP contribution in [0.1, 0.15) is 30.4 Å². The molecule has 3 heterocycles. The standard InChI is InChI=1S/C19H17BrN2O3/c20-17-9-7-14(24-17)8-10-18(23)22-11-3-4-13(12-22)19-21-15-5-1-2-6-16(15)25-19/h1-2,5-10,13H,3-4,11-12H2/b10-8-/t13-/m0/s1. The number of piperidine rings is 1. The summed E-state index contributed by atoms with van der Waals surface area (Å²) in [7, 11) is 0. The normalized spacial score (nSPS) is 18.3. The van der Waals surface area contributed by atoms with Crippen molar-refractivity contribution in [1.29, 1.82) is 0 Å². The molecule has 1 aliphatic rings. The van der Waals surface area contributed by atoms with Crippen molar-refractivity contribution in [3.05, 3.63) is 58.8 Å². The number of halogens is 1. The van der Waals surface area contributed by atoms with E-state index in [1.54, 1.807) is 18.2 Å². The largest absolute Gasteiger partial charge is 0.450 e. The van der Waals surface area contributed by atoms with Crippen LogP contribution >= 0.6 is 15.9 Å². The number of carbonyl (C=O) groups excluding carboxylic acids is 1. The van der Waals surface area contributed by atoms with Crippen molar-refractivity contribution in [2.75, 3.05) is 13.1 Å². The minimum atomic E-state index is -0.0201. The Bertz CT molecular complexity index is 895. The van der Waals surface area contributed by atoms with Crippen molar-refractivity contribution in [1.82, 2.24) is 9.88 Å². The summed E-state index contributed by atoms with van der Waals surface area (Å²) in [5, 5.41) is 0. The lowest BCUT2D eigenvalue weighted by molar-refractivity contribution is -0.127. The van der Waals surface area contributed by atoms with Gasteiger partial charge in [0.1, 0.15) is 11.3 Å². The van der Waals surface area contributed by atoms with Gasteiger partial charge in [0, 0.05) is 19.2 Å². The Morgan fingerprint density at radius 1 is 1.24 bits per heavy atom. The molecule has 1 amide bonds. The molecule has 0 bridgehead atoms. The smallest absolute Gasteiger partial charge is 0.246 e. The zero-order valence-electron chi connectivity index (χ0n) is 13.5. The highest BCUT2D eigenvalue weighted by Crippen LogP contribution is 2.29. The molecule has 1 aromatic carbocycles.